The topological polar surface area (TPSA) is 72.5 Å². The van der Waals surface area contributed by atoms with Crippen LogP contribution in [0.5, 0.6) is 0 Å². The van der Waals surface area contributed by atoms with Gasteiger partial charge in [0.2, 0.25) is 0 Å². The largest absolute Gasteiger partial charge is 0.467 e. The van der Waals surface area contributed by atoms with Gasteiger partial charge in [-0.2, -0.15) is 0 Å². The Kier molecular flexibility index (Phi) is 3.91. The first kappa shape index (κ1) is 10.2. The quantitative estimate of drug-likeness (QED) is 0.538. The molecule has 2 atom stereocenters. The minimum atomic E-state index is -2.94. The number of halogens is 2. The number of ether oxygens (including phenoxy) is 1. The zero-order chi connectivity index (χ0) is 9.02. The molecule has 0 aliphatic heterocycles. The second-order valence-electron chi connectivity index (χ2n) is 1.88. The van der Waals surface area contributed by atoms with Gasteiger partial charge in [-0.05, 0) is 0 Å². The van der Waals surface area contributed by atoms with Gasteiger partial charge in [0.15, 0.2) is 6.10 Å². The molecule has 0 aromatic rings. The summed E-state index contributed by atoms with van der Waals surface area (Å²) in [6, 6.07) is -1.89. The Bertz CT molecular complexity index is 142. The van der Waals surface area contributed by atoms with E-state index in [2.05, 4.69) is 4.74 Å². The van der Waals surface area contributed by atoms with Crippen LogP contribution >= 0.6 is 0 Å². The lowest BCUT2D eigenvalue weighted by molar-refractivity contribution is -0.153. The van der Waals surface area contributed by atoms with Crippen molar-refractivity contribution in [2.45, 2.75) is 18.6 Å². The predicted molar refractivity (Wildman–Crippen MR) is 32.0 cm³/mol. The fourth-order valence-electron chi connectivity index (χ4n) is 0.416. The van der Waals surface area contributed by atoms with E-state index in [0.717, 1.165) is 7.11 Å². The summed E-state index contributed by atoms with van der Waals surface area (Å²) in [7, 11) is 0.976. The second kappa shape index (κ2) is 4.20. The summed E-state index contributed by atoms with van der Waals surface area (Å²) in [5.41, 5.74) is 4.74. The molecule has 0 aromatic heterocycles. The van der Waals surface area contributed by atoms with E-state index >= 15 is 0 Å². The average Bonchev–Trinajstić information content (AvgIpc) is 2.00. The smallest absolute Gasteiger partial charge is 0.336 e. The molecule has 0 bridgehead atoms. The molecule has 0 aromatic carbocycles. The van der Waals surface area contributed by atoms with Gasteiger partial charge >= 0.3 is 5.97 Å². The number of rotatable bonds is 3. The Morgan fingerprint density at radius 3 is 2.36 bits per heavy atom. The summed E-state index contributed by atoms with van der Waals surface area (Å²) in [6.45, 7) is 0. The van der Waals surface area contributed by atoms with Gasteiger partial charge in [0.05, 0.1) is 7.11 Å². The van der Waals surface area contributed by atoms with Gasteiger partial charge in [-0.25, -0.2) is 13.6 Å². The van der Waals surface area contributed by atoms with Crippen molar-refractivity contribution in [3.63, 3.8) is 0 Å². The van der Waals surface area contributed by atoms with Gasteiger partial charge < -0.3 is 15.6 Å². The van der Waals surface area contributed by atoms with Gasteiger partial charge in [0.1, 0.15) is 6.04 Å². The fourth-order valence-corrected chi connectivity index (χ4v) is 0.416. The van der Waals surface area contributed by atoms with Crippen molar-refractivity contribution in [3.8, 4) is 0 Å². The van der Waals surface area contributed by atoms with Gasteiger partial charge in [-0.1, -0.05) is 0 Å². The zero-order valence-electron chi connectivity index (χ0n) is 5.83. The van der Waals surface area contributed by atoms with Crippen LogP contribution in [0.25, 0.3) is 0 Å². The summed E-state index contributed by atoms with van der Waals surface area (Å²) in [5, 5.41) is 8.68. The molecule has 6 heteroatoms. The highest BCUT2D eigenvalue weighted by molar-refractivity contribution is 5.75. The van der Waals surface area contributed by atoms with E-state index in [9.17, 15) is 13.6 Å². The van der Waals surface area contributed by atoms with Crippen LogP contribution in [0.1, 0.15) is 0 Å². The number of methoxy groups -OCH3 is 1. The number of aliphatic hydroxyl groups is 1. The standard InChI is InChI=1S/C5H9F2NO3/c1-11-5(10)3(9)2(8)4(6)7/h2-4,9H,8H2,1H3. The maximum absolute atomic E-state index is 11.7. The van der Waals surface area contributed by atoms with Crippen molar-refractivity contribution in [2.24, 2.45) is 5.73 Å². The van der Waals surface area contributed by atoms with Crippen LogP contribution in [0.3, 0.4) is 0 Å². The molecule has 0 heterocycles. The average molecular weight is 169 g/mol. The Labute approximate surface area is 61.9 Å². The van der Waals surface area contributed by atoms with Crippen molar-refractivity contribution >= 4 is 5.97 Å². The number of hydrogen-bond donors (Lipinski definition) is 2. The summed E-state index contributed by atoms with van der Waals surface area (Å²) in [5.74, 6) is -1.15. The Hall–Kier alpha value is -0.750. The summed E-state index contributed by atoms with van der Waals surface area (Å²) < 4.78 is 27.3. The molecule has 0 spiro atoms. The van der Waals surface area contributed by atoms with E-state index in [1.165, 1.54) is 0 Å². The van der Waals surface area contributed by atoms with E-state index in [0.29, 0.717) is 0 Å². The van der Waals surface area contributed by atoms with E-state index in [4.69, 9.17) is 10.8 Å². The van der Waals surface area contributed by atoms with Crippen LogP contribution in [0, 0.1) is 0 Å². The van der Waals surface area contributed by atoms with Crippen molar-refractivity contribution in [1.29, 1.82) is 0 Å². The summed E-state index contributed by atoms with van der Waals surface area (Å²) >= 11 is 0. The molecule has 2 unspecified atom stereocenters. The molecule has 11 heavy (non-hydrogen) atoms. The molecule has 0 rings (SSSR count). The molecule has 4 nitrogen and oxygen atoms in total. The zero-order valence-corrected chi connectivity index (χ0v) is 5.83. The molecule has 0 radical (unpaired) electrons. The highest BCUT2D eigenvalue weighted by Gasteiger charge is 2.30. The lowest BCUT2D eigenvalue weighted by Crippen LogP contribution is -2.45. The van der Waals surface area contributed by atoms with Crippen LogP contribution in [-0.2, 0) is 9.53 Å². The molecular formula is C5H9F2NO3. The molecule has 0 aliphatic rings. The predicted octanol–water partition coefficient (Wildman–Crippen LogP) is -0.887. The molecular weight excluding hydrogens is 160 g/mol. The summed E-state index contributed by atoms with van der Waals surface area (Å²) in [4.78, 5) is 10.4. The van der Waals surface area contributed by atoms with Crippen LogP contribution in [-0.4, -0.2) is 36.8 Å². The molecule has 3 N–H and O–H groups in total. The Balaban J connectivity index is 4.01. The lowest BCUT2D eigenvalue weighted by atomic mass is 10.2. The van der Waals surface area contributed by atoms with Crippen molar-refractivity contribution in [3.05, 3.63) is 0 Å². The third-order valence-electron chi connectivity index (χ3n) is 1.10. The highest BCUT2D eigenvalue weighted by Crippen LogP contribution is 2.03. The van der Waals surface area contributed by atoms with E-state index in [-0.39, 0.29) is 0 Å². The number of alkyl halides is 2. The highest BCUT2D eigenvalue weighted by atomic mass is 19.3. The molecule has 0 saturated carbocycles. The van der Waals surface area contributed by atoms with E-state index in [1.54, 1.807) is 0 Å². The Morgan fingerprint density at radius 1 is 1.64 bits per heavy atom. The van der Waals surface area contributed by atoms with Crippen molar-refractivity contribution in [2.75, 3.05) is 7.11 Å². The maximum atomic E-state index is 11.7. The fraction of sp³-hybridized carbons (Fsp3) is 0.800. The van der Waals surface area contributed by atoms with E-state index in [1.807, 2.05) is 0 Å². The normalized spacial score (nSPS) is 16.2. The third kappa shape index (κ3) is 2.77. The lowest BCUT2D eigenvalue weighted by Gasteiger charge is -2.14. The van der Waals surface area contributed by atoms with Crippen molar-refractivity contribution in [1.82, 2.24) is 0 Å². The van der Waals surface area contributed by atoms with Crippen molar-refractivity contribution < 1.29 is 23.4 Å². The van der Waals surface area contributed by atoms with Crippen LogP contribution in [0.2, 0.25) is 0 Å². The van der Waals surface area contributed by atoms with Crippen LogP contribution < -0.4 is 5.73 Å². The number of hydrogen-bond acceptors (Lipinski definition) is 4. The molecule has 66 valence electrons. The number of nitrogens with two attached hydrogens (primary N) is 1. The first-order valence-electron chi connectivity index (χ1n) is 2.80. The van der Waals surface area contributed by atoms with Gasteiger partial charge in [-0.15, -0.1) is 0 Å². The minimum absolute atomic E-state index is 0.976. The summed E-state index contributed by atoms with van der Waals surface area (Å²) in [6.07, 6.45) is -4.90. The van der Waals surface area contributed by atoms with Crippen LogP contribution in [0.15, 0.2) is 0 Å². The number of aliphatic hydroxyl groups excluding tert-OH is 1. The van der Waals surface area contributed by atoms with Gasteiger partial charge in [0.25, 0.3) is 6.43 Å². The number of esters is 1. The Morgan fingerprint density at radius 2 is 2.09 bits per heavy atom. The molecule has 0 saturated heterocycles. The molecule has 0 amide bonds. The van der Waals surface area contributed by atoms with Gasteiger partial charge in [-0.3, -0.25) is 0 Å². The first-order chi connectivity index (χ1) is 5.00. The third-order valence-corrected chi connectivity index (χ3v) is 1.10. The number of carbonyl (C=O) groups is 1. The first-order valence-corrected chi connectivity index (χ1v) is 2.80. The second-order valence-corrected chi connectivity index (χ2v) is 1.88. The van der Waals surface area contributed by atoms with Crippen LogP contribution in [0.4, 0.5) is 8.78 Å². The molecule has 0 fully saturated rings. The maximum Gasteiger partial charge on any atom is 0.336 e. The van der Waals surface area contributed by atoms with Gasteiger partial charge in [0, 0.05) is 0 Å². The monoisotopic (exact) mass is 169 g/mol. The number of carbonyl (C=O) groups excluding carboxylic acids is 1. The van der Waals surface area contributed by atoms with E-state index < -0.39 is 24.5 Å². The SMILES string of the molecule is COC(=O)C(O)C(N)C(F)F. The minimum Gasteiger partial charge on any atom is -0.467 e. The molecule has 0 aliphatic carbocycles.